The van der Waals surface area contributed by atoms with Crippen LogP contribution in [-0.2, 0) is 0 Å². The molecule has 8 heteroatoms. The van der Waals surface area contributed by atoms with E-state index in [1.165, 1.54) is 12.1 Å². The van der Waals surface area contributed by atoms with E-state index in [4.69, 9.17) is 14.9 Å². The third kappa shape index (κ3) is 2.89. The van der Waals surface area contributed by atoms with Crippen LogP contribution in [0, 0.1) is 11.6 Å². The summed E-state index contributed by atoms with van der Waals surface area (Å²) in [5, 5.41) is 2.08. The van der Waals surface area contributed by atoms with Gasteiger partial charge in [-0.05, 0) is 18.2 Å². The van der Waals surface area contributed by atoms with Crippen molar-refractivity contribution < 1.29 is 27.5 Å². The number of para-hydroxylation sites is 1. The van der Waals surface area contributed by atoms with Gasteiger partial charge in [0.15, 0.2) is 11.4 Å². The van der Waals surface area contributed by atoms with E-state index in [9.17, 15) is 18.4 Å². The van der Waals surface area contributed by atoms with Crippen molar-refractivity contribution in [3.63, 3.8) is 0 Å². The number of halogens is 2. The van der Waals surface area contributed by atoms with Crippen molar-refractivity contribution in [2.75, 3.05) is 5.32 Å². The molecule has 2 aromatic carbocycles. The first-order valence-corrected chi connectivity index (χ1v) is 6.71. The van der Waals surface area contributed by atoms with E-state index in [0.717, 1.165) is 6.07 Å². The minimum absolute atomic E-state index is 0.147. The number of rotatable bonds is 3. The average molecular weight is 332 g/mol. The molecule has 0 aliphatic rings. The zero-order chi connectivity index (χ0) is 17.3. The van der Waals surface area contributed by atoms with Crippen molar-refractivity contribution in [3.8, 4) is 5.75 Å². The lowest BCUT2D eigenvalue weighted by Gasteiger charge is -2.06. The zero-order valence-corrected chi connectivity index (χ0v) is 12.0. The van der Waals surface area contributed by atoms with Crippen LogP contribution in [-0.4, -0.2) is 12.0 Å². The Labute approximate surface area is 133 Å². The van der Waals surface area contributed by atoms with E-state index in [1.807, 2.05) is 0 Å². The number of nitrogens with one attached hydrogen (secondary N) is 1. The van der Waals surface area contributed by atoms with Gasteiger partial charge in [0, 0.05) is 6.07 Å². The molecule has 0 aliphatic carbocycles. The first-order chi connectivity index (χ1) is 11.5. The largest absolute Gasteiger partial charge is 0.446 e. The van der Waals surface area contributed by atoms with Gasteiger partial charge in [0.2, 0.25) is 5.76 Å². The molecule has 0 aliphatic heterocycles. The third-order valence-electron chi connectivity index (χ3n) is 3.11. The summed E-state index contributed by atoms with van der Waals surface area (Å²) in [7, 11) is 0. The van der Waals surface area contributed by atoms with Gasteiger partial charge in [-0.3, -0.25) is 10.1 Å². The molecule has 6 nitrogen and oxygen atoms in total. The van der Waals surface area contributed by atoms with Crippen LogP contribution in [0.2, 0.25) is 0 Å². The highest BCUT2D eigenvalue weighted by Crippen LogP contribution is 2.33. The van der Waals surface area contributed by atoms with Gasteiger partial charge in [0.25, 0.3) is 5.91 Å². The predicted octanol–water partition coefficient (Wildman–Crippen LogP) is 3.42. The van der Waals surface area contributed by atoms with Crippen molar-refractivity contribution in [3.05, 3.63) is 59.9 Å². The highest BCUT2D eigenvalue weighted by Gasteiger charge is 2.24. The van der Waals surface area contributed by atoms with Crippen molar-refractivity contribution in [2.24, 2.45) is 5.73 Å². The van der Waals surface area contributed by atoms with E-state index >= 15 is 0 Å². The number of fused-ring (bicyclic) bond motifs is 1. The number of anilines is 1. The molecule has 1 aromatic heterocycles. The summed E-state index contributed by atoms with van der Waals surface area (Å²) in [6, 6.07) is 9.58. The lowest BCUT2D eigenvalue weighted by Crippen LogP contribution is -2.19. The molecule has 0 fully saturated rings. The maximum Gasteiger partial charge on any atom is 0.417 e. The predicted molar refractivity (Wildman–Crippen MR) is 80.7 cm³/mol. The monoisotopic (exact) mass is 332 g/mol. The minimum atomic E-state index is -1.05. The van der Waals surface area contributed by atoms with Crippen LogP contribution in [0.15, 0.2) is 46.9 Å². The number of ether oxygens (including phenoxy) is 1. The van der Waals surface area contributed by atoms with E-state index in [-0.39, 0.29) is 16.8 Å². The zero-order valence-electron chi connectivity index (χ0n) is 12.0. The van der Waals surface area contributed by atoms with E-state index in [1.54, 1.807) is 18.2 Å². The molecule has 122 valence electrons. The molecule has 0 saturated carbocycles. The number of benzene rings is 2. The molecular formula is C16H10F2N2O4. The number of carbonyl (C=O) groups excluding carboxylic acids is 2. The van der Waals surface area contributed by atoms with Crippen LogP contribution in [0.4, 0.5) is 19.3 Å². The summed E-state index contributed by atoms with van der Waals surface area (Å²) in [4.78, 5) is 23.4. The molecule has 0 unspecified atom stereocenters. The molecule has 3 rings (SSSR count). The highest BCUT2D eigenvalue weighted by molar-refractivity contribution is 6.09. The smallest absolute Gasteiger partial charge is 0.417 e. The molecule has 3 aromatic rings. The van der Waals surface area contributed by atoms with Gasteiger partial charge in [-0.1, -0.05) is 18.2 Å². The standard InChI is InChI=1S/C16H10F2N2O4/c17-8-6-10-12(14(15(19)21)24-13(10)11(18)7-8)20-16(22)23-9-4-2-1-3-5-9/h1-7H,(H2,19,21)(H,20,22). The Morgan fingerprint density at radius 2 is 1.83 bits per heavy atom. The number of carbonyl (C=O) groups is 2. The molecular weight excluding hydrogens is 322 g/mol. The molecule has 0 bridgehead atoms. The first kappa shape index (κ1) is 15.5. The van der Waals surface area contributed by atoms with Crippen LogP contribution in [0.25, 0.3) is 11.0 Å². The third-order valence-corrected chi connectivity index (χ3v) is 3.11. The number of hydrogen-bond donors (Lipinski definition) is 2. The number of primary amides is 1. The minimum Gasteiger partial charge on any atom is -0.446 e. The summed E-state index contributed by atoms with van der Waals surface area (Å²) in [5.74, 6) is -3.27. The number of furan rings is 1. The van der Waals surface area contributed by atoms with Crippen molar-refractivity contribution >= 4 is 28.7 Å². The Bertz CT molecular complexity index is 938. The fourth-order valence-electron chi connectivity index (χ4n) is 2.15. The molecule has 24 heavy (non-hydrogen) atoms. The molecule has 0 saturated heterocycles. The molecule has 0 spiro atoms. The van der Waals surface area contributed by atoms with Crippen LogP contribution < -0.4 is 15.8 Å². The number of nitrogens with two attached hydrogens (primary N) is 1. The van der Waals surface area contributed by atoms with Crippen molar-refractivity contribution in [1.82, 2.24) is 0 Å². The summed E-state index contributed by atoms with van der Waals surface area (Å²) in [6.07, 6.45) is -0.976. The maximum atomic E-state index is 13.8. The molecule has 1 heterocycles. The van der Waals surface area contributed by atoms with Gasteiger partial charge in [0.1, 0.15) is 17.3 Å². The Balaban J connectivity index is 2.00. The topological polar surface area (TPSA) is 94.6 Å². The maximum absolute atomic E-state index is 13.8. The molecule has 0 atom stereocenters. The Morgan fingerprint density at radius 1 is 1.12 bits per heavy atom. The summed E-state index contributed by atoms with van der Waals surface area (Å²) < 4.78 is 37.2. The first-order valence-electron chi connectivity index (χ1n) is 6.71. The SMILES string of the molecule is NC(=O)c1oc2c(F)cc(F)cc2c1NC(=O)Oc1ccccc1. The van der Waals surface area contributed by atoms with E-state index < -0.39 is 35.0 Å². The van der Waals surface area contributed by atoms with Crippen LogP contribution in [0.5, 0.6) is 5.75 Å². The lowest BCUT2D eigenvalue weighted by atomic mass is 10.2. The van der Waals surface area contributed by atoms with Gasteiger partial charge < -0.3 is 14.9 Å². The molecule has 3 N–H and O–H groups in total. The Morgan fingerprint density at radius 3 is 2.50 bits per heavy atom. The quantitative estimate of drug-likeness (QED) is 0.768. The Kier molecular flexibility index (Phi) is 3.87. The Hall–Kier alpha value is -3.42. The number of hydrogen-bond acceptors (Lipinski definition) is 4. The fourth-order valence-corrected chi connectivity index (χ4v) is 2.15. The highest BCUT2D eigenvalue weighted by atomic mass is 19.1. The second-order valence-corrected chi connectivity index (χ2v) is 4.76. The average Bonchev–Trinajstić information content (AvgIpc) is 2.87. The van der Waals surface area contributed by atoms with Gasteiger partial charge in [-0.2, -0.15) is 0 Å². The second-order valence-electron chi connectivity index (χ2n) is 4.76. The van der Waals surface area contributed by atoms with Gasteiger partial charge >= 0.3 is 6.09 Å². The molecule has 0 radical (unpaired) electrons. The van der Waals surface area contributed by atoms with E-state index in [0.29, 0.717) is 6.07 Å². The van der Waals surface area contributed by atoms with Crippen LogP contribution in [0.1, 0.15) is 10.6 Å². The normalized spacial score (nSPS) is 10.6. The molecule has 2 amide bonds. The van der Waals surface area contributed by atoms with Gasteiger partial charge in [-0.25, -0.2) is 13.6 Å². The summed E-state index contributed by atoms with van der Waals surface area (Å²) in [5.41, 5.74) is 4.48. The summed E-state index contributed by atoms with van der Waals surface area (Å²) in [6.45, 7) is 0. The van der Waals surface area contributed by atoms with Crippen molar-refractivity contribution in [1.29, 1.82) is 0 Å². The lowest BCUT2D eigenvalue weighted by molar-refractivity contribution is 0.0977. The van der Waals surface area contributed by atoms with E-state index in [2.05, 4.69) is 5.32 Å². The second kappa shape index (κ2) is 5.99. The van der Waals surface area contributed by atoms with Crippen LogP contribution in [0.3, 0.4) is 0 Å². The van der Waals surface area contributed by atoms with Gasteiger partial charge in [0.05, 0.1) is 5.39 Å². The van der Waals surface area contributed by atoms with Crippen molar-refractivity contribution in [2.45, 2.75) is 0 Å². The van der Waals surface area contributed by atoms with Gasteiger partial charge in [-0.15, -0.1) is 0 Å². The van der Waals surface area contributed by atoms with Crippen LogP contribution >= 0.6 is 0 Å². The summed E-state index contributed by atoms with van der Waals surface area (Å²) >= 11 is 0. The fraction of sp³-hybridized carbons (Fsp3) is 0. The number of amides is 2.